The summed E-state index contributed by atoms with van der Waals surface area (Å²) >= 11 is 0. The Morgan fingerprint density at radius 2 is 1.74 bits per heavy atom. The molecular formula is C35H32F8N6O5. The van der Waals surface area contributed by atoms with Gasteiger partial charge in [-0.1, -0.05) is 6.07 Å². The van der Waals surface area contributed by atoms with Gasteiger partial charge in [-0.25, -0.2) is 19.4 Å². The van der Waals surface area contributed by atoms with Crippen LogP contribution in [0.25, 0.3) is 11.3 Å². The highest BCUT2D eigenvalue weighted by Gasteiger charge is 2.55. The number of aliphatic hydroxyl groups is 1. The molecule has 3 aliphatic heterocycles. The minimum Gasteiger partial charge on any atom is -0.509 e. The van der Waals surface area contributed by atoms with Gasteiger partial charge in [0.2, 0.25) is 5.82 Å². The minimum absolute atomic E-state index is 0.0858. The van der Waals surface area contributed by atoms with E-state index in [0.29, 0.717) is 50.7 Å². The number of carbonyl (C=O) groups is 2. The first-order valence-corrected chi connectivity index (χ1v) is 16.8. The Hall–Kier alpha value is -4.88. The Balaban J connectivity index is 1.15. The van der Waals surface area contributed by atoms with Gasteiger partial charge in [0.05, 0.1) is 42.2 Å². The molecule has 2 atom stereocenters. The molecule has 7 rings (SSSR count). The van der Waals surface area contributed by atoms with E-state index < -0.39 is 87.4 Å². The first-order valence-electron chi connectivity index (χ1n) is 16.8. The molecule has 1 unspecified atom stereocenters. The van der Waals surface area contributed by atoms with E-state index in [1.54, 1.807) is 0 Å². The Labute approximate surface area is 302 Å². The SMILES string of the molecule is CN1N(Cc2ccc(OCCN3C4COC[C@H]3C4)c(F)c2F)C(=O)C(C(=O)Nc2ccc(C(F)(F)F)cc2-c2cc(C(F)(F)F)ncn2)=C(O)C12CCC2. The fourth-order valence-corrected chi connectivity index (χ4v) is 7.33. The number of ether oxygens (including phenoxy) is 2. The summed E-state index contributed by atoms with van der Waals surface area (Å²) in [5.74, 6) is -6.10. The number of aliphatic hydroxyl groups excluding tert-OH is 1. The standard InChI is InChI=1S/C35H32F8N6O5/c1-47-33(7-2-8-33)30(50)27(31(51)46-23-5-4-19(34(38,39)40)11-22(23)24-13-26(35(41,42)43)45-17-44-24)32(52)49(47)14-18-3-6-25(29(37)28(18)36)54-10-9-48-20-12-21(48)16-53-15-20/h3-6,11,13,17,20-21,50H,2,7-10,12,14-16H2,1H3,(H,46,51)/t20-,21?/m1/s1. The summed E-state index contributed by atoms with van der Waals surface area (Å²) in [6, 6.07) is 5.15. The van der Waals surface area contributed by atoms with Crippen molar-refractivity contribution in [3.63, 3.8) is 0 Å². The summed E-state index contributed by atoms with van der Waals surface area (Å²) in [5.41, 5.74) is -6.92. The van der Waals surface area contributed by atoms with E-state index in [1.807, 2.05) is 0 Å². The molecule has 2 aromatic carbocycles. The van der Waals surface area contributed by atoms with Crippen molar-refractivity contribution in [2.24, 2.45) is 0 Å². The second-order valence-corrected chi connectivity index (χ2v) is 13.5. The largest absolute Gasteiger partial charge is 0.509 e. The zero-order chi connectivity index (χ0) is 38.7. The van der Waals surface area contributed by atoms with E-state index in [2.05, 4.69) is 20.2 Å². The molecular weight excluding hydrogens is 736 g/mol. The molecule has 54 heavy (non-hydrogen) atoms. The molecule has 4 aliphatic rings. The lowest BCUT2D eigenvalue weighted by atomic mass is 9.72. The predicted molar refractivity (Wildman–Crippen MR) is 172 cm³/mol. The van der Waals surface area contributed by atoms with Crippen LogP contribution in [-0.4, -0.2) is 92.8 Å². The zero-order valence-corrected chi connectivity index (χ0v) is 28.4. The van der Waals surface area contributed by atoms with E-state index in [4.69, 9.17) is 9.47 Å². The molecule has 288 valence electrons. The first kappa shape index (κ1) is 37.4. The number of hydrogen-bond acceptors (Lipinski definition) is 9. The van der Waals surface area contributed by atoms with Crippen LogP contribution in [0.4, 0.5) is 40.8 Å². The van der Waals surface area contributed by atoms with Crippen molar-refractivity contribution in [2.75, 3.05) is 38.7 Å². The first-order chi connectivity index (χ1) is 25.5. The summed E-state index contributed by atoms with van der Waals surface area (Å²) in [4.78, 5) is 36.7. The fraction of sp³-hybridized carbons (Fsp3) is 0.429. The number of alkyl halides is 6. The van der Waals surface area contributed by atoms with Crippen molar-refractivity contribution in [3.05, 3.63) is 82.5 Å². The number of anilines is 1. The molecule has 3 fully saturated rings. The molecule has 11 nitrogen and oxygen atoms in total. The molecule has 2 amide bonds. The van der Waals surface area contributed by atoms with Crippen molar-refractivity contribution in [1.29, 1.82) is 0 Å². The summed E-state index contributed by atoms with van der Waals surface area (Å²) < 4.78 is 123. The third-order valence-electron chi connectivity index (χ3n) is 10.5. The Morgan fingerprint density at radius 3 is 2.37 bits per heavy atom. The number of fused-ring (bicyclic) bond motifs is 2. The third-order valence-corrected chi connectivity index (χ3v) is 10.5. The average Bonchev–Trinajstić information content (AvgIpc) is 3.10. The van der Waals surface area contributed by atoms with E-state index in [0.717, 1.165) is 17.5 Å². The molecule has 0 radical (unpaired) electrons. The number of rotatable bonds is 9. The predicted octanol–water partition coefficient (Wildman–Crippen LogP) is 5.87. The number of halogens is 8. The molecule has 1 saturated carbocycles. The Bertz CT molecular complexity index is 2010. The van der Waals surface area contributed by atoms with Gasteiger partial charge >= 0.3 is 12.4 Å². The summed E-state index contributed by atoms with van der Waals surface area (Å²) in [7, 11) is 1.42. The summed E-state index contributed by atoms with van der Waals surface area (Å²) in [5, 5.41) is 15.9. The average molecular weight is 769 g/mol. The van der Waals surface area contributed by atoms with Crippen LogP contribution in [0.2, 0.25) is 0 Å². The van der Waals surface area contributed by atoms with Crippen LogP contribution in [0.15, 0.2) is 54.1 Å². The number of hydrogen-bond donors (Lipinski definition) is 2. The van der Waals surface area contributed by atoms with Gasteiger partial charge in [-0.3, -0.25) is 19.5 Å². The molecule has 1 aromatic heterocycles. The normalized spacial score (nSPS) is 21.6. The third kappa shape index (κ3) is 6.61. The Morgan fingerprint density at radius 1 is 1.02 bits per heavy atom. The van der Waals surface area contributed by atoms with Crippen LogP contribution in [0.1, 0.15) is 42.5 Å². The molecule has 1 spiro atoms. The van der Waals surface area contributed by atoms with Gasteiger partial charge in [0.25, 0.3) is 11.8 Å². The van der Waals surface area contributed by atoms with Gasteiger partial charge in [-0.05, 0) is 56.0 Å². The molecule has 19 heteroatoms. The van der Waals surface area contributed by atoms with Crippen molar-refractivity contribution >= 4 is 17.5 Å². The van der Waals surface area contributed by atoms with E-state index in [-0.39, 0.29) is 42.8 Å². The van der Waals surface area contributed by atoms with Crippen LogP contribution in [0.3, 0.4) is 0 Å². The smallest absolute Gasteiger partial charge is 0.433 e. The van der Waals surface area contributed by atoms with Crippen molar-refractivity contribution in [1.82, 2.24) is 24.9 Å². The van der Waals surface area contributed by atoms with Crippen molar-refractivity contribution < 1.29 is 59.3 Å². The van der Waals surface area contributed by atoms with E-state index in [9.17, 15) is 41.0 Å². The highest BCUT2D eigenvalue weighted by molar-refractivity contribution is 6.24. The molecule has 2 N–H and O–H groups in total. The van der Waals surface area contributed by atoms with Gasteiger partial charge in [-0.15, -0.1) is 0 Å². The van der Waals surface area contributed by atoms with Crippen LogP contribution in [-0.2, 0) is 33.2 Å². The topological polar surface area (TPSA) is 120 Å². The van der Waals surface area contributed by atoms with Gasteiger partial charge in [-0.2, -0.15) is 30.7 Å². The number of benzene rings is 2. The zero-order valence-electron chi connectivity index (χ0n) is 28.4. The summed E-state index contributed by atoms with van der Waals surface area (Å²) in [6.45, 7) is 1.16. The minimum atomic E-state index is -4.99. The van der Waals surface area contributed by atoms with Gasteiger partial charge in [0.1, 0.15) is 30.0 Å². The fourth-order valence-electron chi connectivity index (χ4n) is 7.33. The second kappa shape index (κ2) is 13.8. The number of nitrogens with zero attached hydrogens (tertiary/aromatic N) is 5. The molecule has 4 heterocycles. The molecule has 2 saturated heterocycles. The van der Waals surface area contributed by atoms with Crippen LogP contribution in [0, 0.1) is 11.6 Å². The number of amides is 2. The molecule has 1 aliphatic carbocycles. The van der Waals surface area contributed by atoms with Crippen LogP contribution < -0.4 is 10.1 Å². The van der Waals surface area contributed by atoms with Crippen molar-refractivity contribution in [3.8, 4) is 17.0 Å². The lowest BCUT2D eigenvalue weighted by molar-refractivity contribution is -0.172. The monoisotopic (exact) mass is 768 g/mol. The number of hydrazine groups is 1. The number of nitrogens with one attached hydrogen (secondary N) is 1. The highest BCUT2D eigenvalue weighted by atomic mass is 19.4. The molecule has 2 bridgehead atoms. The number of morpholine rings is 1. The van der Waals surface area contributed by atoms with Crippen LogP contribution in [0.5, 0.6) is 5.75 Å². The maximum atomic E-state index is 15.5. The quantitative estimate of drug-likeness (QED) is 0.204. The van der Waals surface area contributed by atoms with Crippen LogP contribution >= 0.6 is 0 Å². The maximum absolute atomic E-state index is 15.5. The van der Waals surface area contributed by atoms with E-state index in [1.165, 1.54) is 24.2 Å². The highest BCUT2D eigenvalue weighted by Crippen LogP contribution is 2.47. The summed E-state index contributed by atoms with van der Waals surface area (Å²) in [6.07, 6.45) is -7.42. The van der Waals surface area contributed by atoms with Gasteiger partial charge in [0.15, 0.2) is 11.6 Å². The van der Waals surface area contributed by atoms with Gasteiger partial charge < -0.3 is 19.9 Å². The Kier molecular flexibility index (Phi) is 9.54. The van der Waals surface area contributed by atoms with Crippen molar-refractivity contribution in [2.45, 2.75) is 62.2 Å². The molecule has 3 aromatic rings. The number of aromatic nitrogens is 2. The number of carbonyl (C=O) groups excluding carboxylic acids is 2. The second-order valence-electron chi connectivity index (χ2n) is 13.5. The maximum Gasteiger partial charge on any atom is 0.433 e. The number of likely N-dealkylation sites (N-methyl/N-ethyl adjacent to an activating group) is 1. The lowest BCUT2D eigenvalue weighted by Crippen LogP contribution is -2.65. The van der Waals surface area contributed by atoms with Gasteiger partial charge in [0, 0.05) is 36.8 Å². The lowest BCUT2D eigenvalue weighted by Gasteiger charge is -2.54. The van der Waals surface area contributed by atoms with E-state index >= 15 is 8.78 Å².